The van der Waals surface area contributed by atoms with Crippen LogP contribution in [-0.4, -0.2) is 20.0 Å². The minimum atomic E-state index is -1.43. The summed E-state index contributed by atoms with van der Waals surface area (Å²) < 4.78 is 4.97. The fourth-order valence-electron chi connectivity index (χ4n) is 1.06. The molecule has 4 heteroatoms. The average molecular weight is 237 g/mol. The van der Waals surface area contributed by atoms with Crippen LogP contribution in [0.3, 0.4) is 0 Å². The fraction of sp³-hybridized carbons (Fsp3) is 0.900. The van der Waals surface area contributed by atoms with E-state index in [-0.39, 0.29) is 5.97 Å². The highest BCUT2D eigenvalue weighted by Gasteiger charge is 2.20. The van der Waals surface area contributed by atoms with E-state index in [1.165, 1.54) is 0 Å². The molecule has 0 radical (unpaired) electrons. The van der Waals surface area contributed by atoms with Crippen molar-refractivity contribution in [3.63, 3.8) is 0 Å². The Kier molecular flexibility index (Phi) is 7.28. The first kappa shape index (κ1) is 14.0. The number of unbranched alkanes of at least 4 members (excludes halogenated alkanes) is 1. The Labute approximate surface area is 92.7 Å². The second-order valence-corrected chi connectivity index (χ2v) is 10.6. The number of hydrogen-bond donors (Lipinski definition) is 0. The molecule has 0 aromatic heterocycles. The first-order chi connectivity index (χ1) is 6.52. The summed E-state index contributed by atoms with van der Waals surface area (Å²) in [5, 5.41) is 0. The van der Waals surface area contributed by atoms with Crippen LogP contribution in [-0.2, 0) is 9.53 Å². The highest BCUT2D eigenvalue weighted by atomic mass is 35.6. The maximum atomic E-state index is 10.8. The Balaban J connectivity index is 3.34. The zero-order chi connectivity index (χ0) is 11.0. The quantitative estimate of drug-likeness (QED) is 0.293. The zero-order valence-corrected chi connectivity index (χ0v) is 11.2. The fourth-order valence-corrected chi connectivity index (χ4v) is 2.80. The van der Waals surface area contributed by atoms with E-state index in [4.69, 9.17) is 15.8 Å². The molecule has 2 nitrogen and oxygen atoms in total. The molecule has 0 amide bonds. The molecule has 0 aliphatic carbocycles. The Morgan fingerprint density at radius 3 is 2.50 bits per heavy atom. The predicted octanol–water partition coefficient (Wildman–Crippen LogP) is 3.55. The monoisotopic (exact) mass is 236 g/mol. The zero-order valence-electron chi connectivity index (χ0n) is 9.44. The topological polar surface area (TPSA) is 26.3 Å². The van der Waals surface area contributed by atoms with Crippen molar-refractivity contribution in [1.82, 2.24) is 0 Å². The smallest absolute Gasteiger partial charge is 0.305 e. The van der Waals surface area contributed by atoms with E-state index in [0.717, 1.165) is 24.9 Å². The summed E-state index contributed by atoms with van der Waals surface area (Å²) >= 11 is 6.32. The molecule has 0 saturated heterocycles. The van der Waals surface area contributed by atoms with Crippen LogP contribution in [0.15, 0.2) is 0 Å². The van der Waals surface area contributed by atoms with Gasteiger partial charge in [-0.15, -0.1) is 0 Å². The Hall–Kier alpha value is -0.0231. The summed E-state index contributed by atoms with van der Waals surface area (Å²) in [7, 11) is -1.43. The van der Waals surface area contributed by atoms with Crippen LogP contribution in [0.2, 0.25) is 18.6 Å². The molecule has 0 aliphatic rings. The molecule has 14 heavy (non-hydrogen) atoms. The number of ether oxygens (including phenoxy) is 1. The van der Waals surface area contributed by atoms with E-state index in [1.807, 2.05) is 6.92 Å². The predicted molar refractivity (Wildman–Crippen MR) is 63.2 cm³/mol. The normalized spacial score (nSPS) is 14.9. The molecule has 1 atom stereocenters. The molecule has 1 unspecified atom stereocenters. The van der Waals surface area contributed by atoms with Gasteiger partial charge in [0.15, 0.2) is 7.38 Å². The van der Waals surface area contributed by atoms with Gasteiger partial charge >= 0.3 is 5.97 Å². The van der Waals surface area contributed by atoms with E-state index < -0.39 is 7.38 Å². The second-order valence-electron chi connectivity index (χ2n) is 3.80. The van der Waals surface area contributed by atoms with Crippen molar-refractivity contribution in [3.05, 3.63) is 0 Å². The second kappa shape index (κ2) is 7.29. The number of esters is 1. The summed E-state index contributed by atoms with van der Waals surface area (Å²) in [5.41, 5.74) is 0. The van der Waals surface area contributed by atoms with Gasteiger partial charge in [0.1, 0.15) is 0 Å². The highest BCUT2D eigenvalue weighted by Crippen LogP contribution is 2.22. The first-order valence-corrected chi connectivity index (χ1v) is 9.29. The molecule has 84 valence electrons. The van der Waals surface area contributed by atoms with E-state index in [9.17, 15) is 4.79 Å². The minimum Gasteiger partial charge on any atom is -0.466 e. The molecule has 0 aromatic carbocycles. The summed E-state index contributed by atoms with van der Waals surface area (Å²) in [5.74, 6) is -0.105. The number of halogens is 1. The maximum Gasteiger partial charge on any atom is 0.305 e. The SMILES string of the molecule is CCC(=O)OCCCC[Si](C)(Cl)CC. The van der Waals surface area contributed by atoms with Crippen LogP contribution in [0.5, 0.6) is 0 Å². The molecular formula is C10H21ClO2Si. The van der Waals surface area contributed by atoms with E-state index in [1.54, 1.807) is 0 Å². The number of rotatable bonds is 7. The van der Waals surface area contributed by atoms with Crippen LogP contribution < -0.4 is 0 Å². The third-order valence-corrected chi connectivity index (χ3v) is 6.62. The van der Waals surface area contributed by atoms with Gasteiger partial charge in [0.2, 0.25) is 0 Å². The standard InChI is InChI=1S/C10H21ClO2Si/c1-4-10(12)13-8-6-7-9-14(3,11)5-2/h4-9H2,1-3H3. The van der Waals surface area contributed by atoms with E-state index >= 15 is 0 Å². The van der Waals surface area contributed by atoms with E-state index in [2.05, 4.69) is 13.5 Å². The summed E-state index contributed by atoms with van der Waals surface area (Å²) in [6.45, 7) is 6.70. The van der Waals surface area contributed by atoms with Crippen molar-refractivity contribution in [2.45, 2.75) is 51.7 Å². The van der Waals surface area contributed by atoms with Gasteiger partial charge in [-0.1, -0.05) is 26.8 Å². The van der Waals surface area contributed by atoms with Crippen LogP contribution in [0, 0.1) is 0 Å². The van der Waals surface area contributed by atoms with Gasteiger partial charge in [-0.25, -0.2) is 0 Å². The minimum absolute atomic E-state index is 0.105. The molecular weight excluding hydrogens is 216 g/mol. The highest BCUT2D eigenvalue weighted by molar-refractivity contribution is 7.19. The summed E-state index contributed by atoms with van der Waals surface area (Å²) in [6.07, 6.45) is 2.50. The van der Waals surface area contributed by atoms with Crippen molar-refractivity contribution in [3.8, 4) is 0 Å². The van der Waals surface area contributed by atoms with Crippen molar-refractivity contribution in [2.75, 3.05) is 6.61 Å². The van der Waals surface area contributed by atoms with Crippen LogP contribution in [0.4, 0.5) is 0 Å². The van der Waals surface area contributed by atoms with Gasteiger partial charge < -0.3 is 4.74 Å². The lowest BCUT2D eigenvalue weighted by atomic mass is 10.3. The molecule has 0 bridgehead atoms. The van der Waals surface area contributed by atoms with E-state index in [0.29, 0.717) is 13.0 Å². The largest absolute Gasteiger partial charge is 0.466 e. The maximum absolute atomic E-state index is 10.8. The molecule has 0 saturated carbocycles. The van der Waals surface area contributed by atoms with Crippen LogP contribution >= 0.6 is 11.1 Å². The Morgan fingerprint density at radius 1 is 1.36 bits per heavy atom. The van der Waals surface area contributed by atoms with Gasteiger partial charge in [-0.05, 0) is 18.5 Å². The molecule has 0 aromatic rings. The summed E-state index contributed by atoms with van der Waals surface area (Å²) in [6, 6.07) is 2.23. The van der Waals surface area contributed by atoms with Crippen molar-refractivity contribution < 1.29 is 9.53 Å². The Bertz CT molecular complexity index is 172. The lowest BCUT2D eigenvalue weighted by molar-refractivity contribution is -0.143. The third kappa shape index (κ3) is 7.39. The third-order valence-electron chi connectivity index (χ3n) is 2.38. The number of carbonyl (C=O) groups is 1. The lowest BCUT2D eigenvalue weighted by Gasteiger charge is -2.16. The van der Waals surface area contributed by atoms with Gasteiger partial charge in [0.05, 0.1) is 6.61 Å². The Morgan fingerprint density at radius 2 is 2.00 bits per heavy atom. The molecule has 0 heterocycles. The van der Waals surface area contributed by atoms with Gasteiger partial charge in [0, 0.05) is 6.42 Å². The summed E-state index contributed by atoms with van der Waals surface area (Å²) in [4.78, 5) is 10.8. The first-order valence-electron chi connectivity index (χ1n) is 5.36. The van der Waals surface area contributed by atoms with Gasteiger partial charge in [-0.3, -0.25) is 4.79 Å². The molecule has 0 aliphatic heterocycles. The molecule has 0 spiro atoms. The van der Waals surface area contributed by atoms with Crippen LogP contribution in [0.25, 0.3) is 0 Å². The molecule has 0 fully saturated rings. The van der Waals surface area contributed by atoms with Gasteiger partial charge in [-0.2, -0.15) is 11.1 Å². The molecule has 0 N–H and O–H groups in total. The molecule has 0 rings (SSSR count). The van der Waals surface area contributed by atoms with Crippen molar-refractivity contribution >= 4 is 24.4 Å². The van der Waals surface area contributed by atoms with Crippen molar-refractivity contribution in [1.29, 1.82) is 0 Å². The lowest BCUT2D eigenvalue weighted by Crippen LogP contribution is -2.20. The number of carbonyl (C=O) groups excluding carboxylic acids is 1. The van der Waals surface area contributed by atoms with Crippen LogP contribution in [0.1, 0.15) is 33.1 Å². The number of hydrogen-bond acceptors (Lipinski definition) is 2. The van der Waals surface area contributed by atoms with Crippen molar-refractivity contribution in [2.24, 2.45) is 0 Å². The van der Waals surface area contributed by atoms with Gasteiger partial charge in [0.25, 0.3) is 0 Å². The average Bonchev–Trinajstić information content (AvgIpc) is 2.17.